The molecule has 0 atom stereocenters. The van der Waals surface area contributed by atoms with Gasteiger partial charge >= 0.3 is 21.7 Å². The molecule has 1 aliphatic heterocycles. The number of hydrogen-bond donors (Lipinski definition) is 1. The van der Waals surface area contributed by atoms with Crippen molar-refractivity contribution in [2.75, 3.05) is 18.4 Å². The smallest absolute Gasteiger partial charge is 0.357 e. The average molecular weight is 384 g/mol. The number of rotatable bonds is 3. The van der Waals surface area contributed by atoms with E-state index in [0.717, 1.165) is 0 Å². The zero-order chi connectivity index (χ0) is 17.5. The summed E-state index contributed by atoms with van der Waals surface area (Å²) in [5.74, 6) is 0. The van der Waals surface area contributed by atoms with E-state index in [2.05, 4.69) is 15.5 Å². The molecule has 0 radical (unpaired) electrons. The van der Waals surface area contributed by atoms with Gasteiger partial charge in [-0.25, -0.2) is 8.42 Å². The third-order valence-corrected chi connectivity index (χ3v) is 5.61. The Labute approximate surface area is 130 Å². The molecule has 132 valence electrons. The van der Waals surface area contributed by atoms with Crippen LogP contribution in [0.15, 0.2) is 0 Å². The number of hydrogen-bond acceptors (Lipinski definition) is 6. The number of sulfonamides is 1. The molecule has 2 rings (SSSR count). The molecule has 1 aromatic heterocycles. The molecule has 0 saturated carbocycles. The van der Waals surface area contributed by atoms with Crippen molar-refractivity contribution in [1.82, 2.24) is 14.5 Å². The van der Waals surface area contributed by atoms with Gasteiger partial charge in [0.05, 0.1) is 0 Å². The van der Waals surface area contributed by atoms with Gasteiger partial charge in [-0.3, -0.25) is 0 Å². The lowest BCUT2D eigenvalue weighted by atomic mass is 10.1. The third kappa shape index (κ3) is 4.03. The maximum absolute atomic E-state index is 12.4. The molecule has 1 aromatic rings. The normalized spacial score (nSPS) is 19.0. The fourth-order valence-corrected chi connectivity index (χ4v) is 3.63. The summed E-state index contributed by atoms with van der Waals surface area (Å²) < 4.78 is 97.1. The molecule has 0 spiro atoms. The molecule has 14 heteroatoms. The Bertz CT molecular complexity index is 648. The van der Waals surface area contributed by atoms with E-state index in [1.807, 2.05) is 0 Å². The highest BCUT2D eigenvalue weighted by atomic mass is 32.2. The average Bonchev–Trinajstić information content (AvgIpc) is 2.86. The first-order chi connectivity index (χ1) is 10.4. The van der Waals surface area contributed by atoms with E-state index in [9.17, 15) is 34.8 Å². The second-order valence-electron chi connectivity index (χ2n) is 4.68. The Kier molecular flexibility index (Phi) is 4.79. The summed E-state index contributed by atoms with van der Waals surface area (Å²) in [5.41, 5.74) is -5.37. The van der Waals surface area contributed by atoms with Gasteiger partial charge in [-0.1, -0.05) is 11.3 Å². The first-order valence-corrected chi connectivity index (χ1v) is 8.40. The van der Waals surface area contributed by atoms with Crippen LogP contribution >= 0.6 is 11.3 Å². The van der Waals surface area contributed by atoms with Crippen LogP contribution < -0.4 is 5.32 Å². The second kappa shape index (κ2) is 6.05. The molecule has 0 aliphatic carbocycles. The topological polar surface area (TPSA) is 75.2 Å². The van der Waals surface area contributed by atoms with Crippen molar-refractivity contribution in [3.63, 3.8) is 0 Å². The first kappa shape index (κ1) is 18.2. The first-order valence-electron chi connectivity index (χ1n) is 6.15. The van der Waals surface area contributed by atoms with Gasteiger partial charge in [0, 0.05) is 19.1 Å². The van der Waals surface area contributed by atoms with Gasteiger partial charge < -0.3 is 5.32 Å². The molecule has 23 heavy (non-hydrogen) atoms. The van der Waals surface area contributed by atoms with Crippen molar-refractivity contribution < 1.29 is 34.8 Å². The number of alkyl halides is 6. The molecule has 1 fully saturated rings. The molecular formula is C9H10F6N4O2S2. The summed E-state index contributed by atoms with van der Waals surface area (Å²) in [6.07, 6.45) is -4.60. The van der Waals surface area contributed by atoms with Crippen LogP contribution in [-0.2, 0) is 16.2 Å². The van der Waals surface area contributed by atoms with Crippen molar-refractivity contribution >= 4 is 26.5 Å². The second-order valence-corrected chi connectivity index (χ2v) is 7.59. The predicted molar refractivity (Wildman–Crippen MR) is 68.1 cm³/mol. The Morgan fingerprint density at radius 2 is 1.65 bits per heavy atom. The van der Waals surface area contributed by atoms with Crippen LogP contribution in [-0.4, -0.2) is 47.6 Å². The van der Waals surface area contributed by atoms with Gasteiger partial charge in [0.2, 0.25) is 10.1 Å². The summed E-state index contributed by atoms with van der Waals surface area (Å²) in [5, 5.41) is 7.64. The van der Waals surface area contributed by atoms with E-state index in [4.69, 9.17) is 0 Å². The van der Waals surface area contributed by atoms with E-state index < -0.39 is 32.8 Å². The van der Waals surface area contributed by atoms with Crippen molar-refractivity contribution in [2.24, 2.45) is 0 Å². The van der Waals surface area contributed by atoms with E-state index in [0.29, 0.717) is 4.31 Å². The van der Waals surface area contributed by atoms with Crippen molar-refractivity contribution in [3.05, 3.63) is 5.01 Å². The van der Waals surface area contributed by atoms with Crippen LogP contribution in [0, 0.1) is 0 Å². The minimum atomic E-state index is -5.38. The molecule has 1 saturated heterocycles. The van der Waals surface area contributed by atoms with Gasteiger partial charge in [0.1, 0.15) is 0 Å². The number of halogens is 6. The minimum Gasteiger partial charge on any atom is -0.357 e. The van der Waals surface area contributed by atoms with Gasteiger partial charge in [0.15, 0.2) is 0 Å². The van der Waals surface area contributed by atoms with Crippen molar-refractivity contribution in [2.45, 2.75) is 30.6 Å². The quantitative estimate of drug-likeness (QED) is 0.810. The van der Waals surface area contributed by atoms with Crippen LogP contribution in [0.4, 0.5) is 31.5 Å². The van der Waals surface area contributed by atoms with Crippen LogP contribution in [0.5, 0.6) is 0 Å². The SMILES string of the molecule is O=S(=O)(N1CCC(Nc2nnc(C(F)(F)F)s2)CC1)C(F)(F)F. The minimum absolute atomic E-state index is 0.0102. The van der Waals surface area contributed by atoms with Crippen LogP contribution in [0.2, 0.25) is 0 Å². The molecule has 2 heterocycles. The van der Waals surface area contributed by atoms with E-state index in [1.54, 1.807) is 0 Å². The van der Waals surface area contributed by atoms with E-state index in [-0.39, 0.29) is 42.4 Å². The molecule has 0 amide bonds. The van der Waals surface area contributed by atoms with E-state index >= 15 is 0 Å². The van der Waals surface area contributed by atoms with Gasteiger partial charge in [-0.05, 0) is 12.8 Å². The molecule has 0 unspecified atom stereocenters. The van der Waals surface area contributed by atoms with Crippen molar-refractivity contribution in [3.8, 4) is 0 Å². The van der Waals surface area contributed by atoms with Crippen LogP contribution in [0.3, 0.4) is 0 Å². The predicted octanol–water partition coefficient (Wildman–Crippen LogP) is 2.28. The zero-order valence-electron chi connectivity index (χ0n) is 11.1. The lowest BCUT2D eigenvalue weighted by Gasteiger charge is -2.31. The Morgan fingerprint density at radius 1 is 1.09 bits per heavy atom. The number of anilines is 1. The lowest BCUT2D eigenvalue weighted by molar-refractivity contribution is -0.138. The number of nitrogens with zero attached hydrogens (tertiary/aromatic N) is 3. The standard InChI is InChI=1S/C9H10F6N4O2S2/c10-8(11,12)6-17-18-7(22-6)16-5-1-3-19(4-2-5)23(20,21)9(13,14)15/h5H,1-4H2,(H,16,18). The Hall–Kier alpha value is -1.15. The largest absolute Gasteiger partial charge is 0.511 e. The summed E-state index contributed by atoms with van der Waals surface area (Å²) in [6.45, 7) is -0.769. The Balaban J connectivity index is 1.94. The molecule has 0 aromatic carbocycles. The summed E-state index contributed by atoms with van der Waals surface area (Å²) in [6, 6.07) is -0.483. The van der Waals surface area contributed by atoms with Crippen LogP contribution in [0.25, 0.3) is 0 Å². The fraction of sp³-hybridized carbons (Fsp3) is 0.778. The molecule has 1 N–H and O–H groups in total. The summed E-state index contributed by atoms with van der Waals surface area (Å²) >= 11 is 0.274. The number of aromatic nitrogens is 2. The third-order valence-electron chi connectivity index (χ3n) is 3.08. The molecule has 1 aliphatic rings. The van der Waals surface area contributed by atoms with Gasteiger partial charge in [-0.2, -0.15) is 30.6 Å². The summed E-state index contributed by atoms with van der Waals surface area (Å²) in [4.78, 5) is 0. The van der Waals surface area contributed by atoms with Gasteiger partial charge in [-0.15, -0.1) is 10.2 Å². The molecule has 6 nitrogen and oxygen atoms in total. The molecule has 0 bridgehead atoms. The maximum Gasteiger partial charge on any atom is 0.511 e. The number of nitrogens with one attached hydrogen (secondary N) is 1. The van der Waals surface area contributed by atoms with Crippen LogP contribution in [0.1, 0.15) is 17.8 Å². The number of piperidine rings is 1. The maximum atomic E-state index is 12.4. The van der Waals surface area contributed by atoms with Crippen molar-refractivity contribution in [1.29, 1.82) is 0 Å². The van der Waals surface area contributed by atoms with E-state index in [1.165, 1.54) is 0 Å². The molecular weight excluding hydrogens is 374 g/mol. The monoisotopic (exact) mass is 384 g/mol. The highest BCUT2D eigenvalue weighted by Gasteiger charge is 2.50. The highest BCUT2D eigenvalue weighted by Crippen LogP contribution is 2.34. The lowest BCUT2D eigenvalue weighted by Crippen LogP contribution is -2.47. The zero-order valence-corrected chi connectivity index (χ0v) is 12.8. The fourth-order valence-electron chi connectivity index (χ4n) is 1.96. The Morgan fingerprint density at radius 3 is 2.09 bits per heavy atom. The van der Waals surface area contributed by atoms with Gasteiger partial charge in [0.25, 0.3) is 0 Å². The summed E-state index contributed by atoms with van der Waals surface area (Å²) in [7, 11) is -5.38. The highest BCUT2D eigenvalue weighted by molar-refractivity contribution is 7.90.